The minimum Gasteiger partial charge on any atom is -0.311 e. The third-order valence-electron chi connectivity index (χ3n) is 5.38. The van der Waals surface area contributed by atoms with Crippen molar-refractivity contribution in [2.45, 2.75) is 90.3 Å². The van der Waals surface area contributed by atoms with Gasteiger partial charge >= 0.3 is 0 Å². The molecule has 1 saturated heterocycles. The topological polar surface area (TPSA) is 15.3 Å². The van der Waals surface area contributed by atoms with Crippen molar-refractivity contribution in [1.82, 2.24) is 10.2 Å². The zero-order valence-electron chi connectivity index (χ0n) is 13.3. The smallest absolute Gasteiger partial charge is 0.00978 e. The van der Waals surface area contributed by atoms with E-state index in [1.165, 1.54) is 64.5 Å². The van der Waals surface area contributed by atoms with Gasteiger partial charge < -0.3 is 10.2 Å². The highest BCUT2D eigenvalue weighted by Gasteiger charge is 2.27. The van der Waals surface area contributed by atoms with Crippen LogP contribution in [-0.4, -0.2) is 36.1 Å². The molecule has 0 amide bonds. The quantitative estimate of drug-likeness (QED) is 0.832. The zero-order chi connectivity index (χ0) is 13.7. The number of hydrogen-bond donors (Lipinski definition) is 1. The molecule has 3 unspecified atom stereocenters. The van der Waals surface area contributed by atoms with E-state index in [0.717, 1.165) is 24.0 Å². The maximum atomic E-state index is 4.03. The van der Waals surface area contributed by atoms with Crippen LogP contribution in [0.1, 0.15) is 72.1 Å². The van der Waals surface area contributed by atoms with Crippen molar-refractivity contribution in [3.8, 4) is 0 Å². The second-order valence-corrected chi connectivity index (χ2v) is 6.98. The summed E-state index contributed by atoms with van der Waals surface area (Å²) in [5.74, 6) is 0.943. The third-order valence-corrected chi connectivity index (χ3v) is 5.38. The molecule has 2 heteroatoms. The highest BCUT2D eigenvalue weighted by molar-refractivity contribution is 4.85. The first-order valence-corrected chi connectivity index (χ1v) is 8.70. The standard InChI is InChI=1S/C17H34N2/c1-4-15-8-5-6-10-17(15)18-16-9-7-12-19(13-11-16)14(2)3/h14-18H,4-13H2,1-3H3. The fourth-order valence-electron chi connectivity index (χ4n) is 4.02. The van der Waals surface area contributed by atoms with Gasteiger partial charge in [0.25, 0.3) is 0 Å². The Morgan fingerprint density at radius 1 is 1.00 bits per heavy atom. The second-order valence-electron chi connectivity index (χ2n) is 6.98. The van der Waals surface area contributed by atoms with Crippen LogP contribution in [0.2, 0.25) is 0 Å². The Kier molecular flexibility index (Phi) is 6.15. The van der Waals surface area contributed by atoms with Gasteiger partial charge in [-0.3, -0.25) is 0 Å². The summed E-state index contributed by atoms with van der Waals surface area (Å²) in [6.07, 6.45) is 11.3. The summed E-state index contributed by atoms with van der Waals surface area (Å²) < 4.78 is 0. The predicted molar refractivity (Wildman–Crippen MR) is 83.5 cm³/mol. The Morgan fingerprint density at radius 2 is 1.79 bits per heavy atom. The molecule has 1 heterocycles. The van der Waals surface area contributed by atoms with E-state index in [9.17, 15) is 0 Å². The summed E-state index contributed by atoms with van der Waals surface area (Å²) in [4.78, 5) is 2.65. The van der Waals surface area contributed by atoms with Crippen LogP contribution >= 0.6 is 0 Å². The normalized spacial score (nSPS) is 34.4. The molecule has 2 aliphatic rings. The summed E-state index contributed by atoms with van der Waals surface area (Å²) in [6.45, 7) is 9.64. The lowest BCUT2D eigenvalue weighted by molar-refractivity contribution is 0.215. The molecule has 112 valence electrons. The van der Waals surface area contributed by atoms with Gasteiger partial charge in [0.05, 0.1) is 0 Å². The molecule has 1 saturated carbocycles. The number of nitrogens with one attached hydrogen (secondary N) is 1. The third kappa shape index (κ3) is 4.46. The van der Waals surface area contributed by atoms with Crippen LogP contribution in [0.15, 0.2) is 0 Å². The highest BCUT2D eigenvalue weighted by Crippen LogP contribution is 2.28. The van der Waals surface area contributed by atoms with Gasteiger partial charge in [0.2, 0.25) is 0 Å². The molecule has 2 fully saturated rings. The van der Waals surface area contributed by atoms with E-state index in [-0.39, 0.29) is 0 Å². The summed E-state index contributed by atoms with van der Waals surface area (Å²) in [6, 6.07) is 2.31. The van der Waals surface area contributed by atoms with Gasteiger partial charge in [-0.15, -0.1) is 0 Å². The molecule has 0 aromatic rings. The summed E-state index contributed by atoms with van der Waals surface area (Å²) in [5.41, 5.74) is 0. The Morgan fingerprint density at radius 3 is 2.53 bits per heavy atom. The Hall–Kier alpha value is -0.0800. The Bertz CT molecular complexity index is 252. The van der Waals surface area contributed by atoms with Gasteiger partial charge in [-0.1, -0.05) is 26.2 Å². The van der Waals surface area contributed by atoms with Gasteiger partial charge in [0.1, 0.15) is 0 Å². The van der Waals surface area contributed by atoms with Crippen LogP contribution in [0.25, 0.3) is 0 Å². The largest absolute Gasteiger partial charge is 0.311 e. The van der Waals surface area contributed by atoms with E-state index in [1.54, 1.807) is 0 Å². The van der Waals surface area contributed by atoms with Crippen molar-refractivity contribution >= 4 is 0 Å². The summed E-state index contributed by atoms with van der Waals surface area (Å²) >= 11 is 0. The lowest BCUT2D eigenvalue weighted by Gasteiger charge is -2.34. The van der Waals surface area contributed by atoms with Crippen LogP contribution in [0.5, 0.6) is 0 Å². The molecular weight excluding hydrogens is 232 g/mol. The number of rotatable bonds is 4. The molecule has 0 bridgehead atoms. The van der Waals surface area contributed by atoms with Crippen molar-refractivity contribution in [2.24, 2.45) is 5.92 Å². The molecular formula is C17H34N2. The van der Waals surface area contributed by atoms with Crippen LogP contribution < -0.4 is 5.32 Å². The maximum absolute atomic E-state index is 4.03. The van der Waals surface area contributed by atoms with Crippen molar-refractivity contribution in [2.75, 3.05) is 13.1 Å². The first-order valence-electron chi connectivity index (χ1n) is 8.70. The number of hydrogen-bond acceptors (Lipinski definition) is 2. The van der Waals surface area contributed by atoms with E-state index in [1.807, 2.05) is 0 Å². The molecule has 1 aliphatic heterocycles. The predicted octanol–water partition coefficient (Wildman–Crippen LogP) is 3.81. The molecule has 19 heavy (non-hydrogen) atoms. The van der Waals surface area contributed by atoms with Gasteiger partial charge in [0, 0.05) is 18.1 Å². The maximum Gasteiger partial charge on any atom is 0.00978 e. The Labute approximate surface area is 120 Å². The minimum absolute atomic E-state index is 0.719. The molecule has 1 aliphatic carbocycles. The van der Waals surface area contributed by atoms with Crippen molar-refractivity contribution in [3.63, 3.8) is 0 Å². The molecule has 2 rings (SSSR count). The molecule has 0 spiro atoms. The van der Waals surface area contributed by atoms with E-state index < -0.39 is 0 Å². The van der Waals surface area contributed by atoms with Crippen LogP contribution in [0, 0.1) is 5.92 Å². The fraction of sp³-hybridized carbons (Fsp3) is 1.00. The molecule has 0 aromatic carbocycles. The van der Waals surface area contributed by atoms with Gasteiger partial charge in [0.15, 0.2) is 0 Å². The van der Waals surface area contributed by atoms with E-state index in [2.05, 4.69) is 31.0 Å². The van der Waals surface area contributed by atoms with Crippen molar-refractivity contribution in [1.29, 1.82) is 0 Å². The SMILES string of the molecule is CCC1CCCCC1NC1CCCN(C(C)C)CC1. The molecule has 3 atom stereocenters. The highest BCUT2D eigenvalue weighted by atomic mass is 15.2. The van der Waals surface area contributed by atoms with E-state index >= 15 is 0 Å². The lowest BCUT2D eigenvalue weighted by atomic mass is 9.82. The molecule has 1 N–H and O–H groups in total. The van der Waals surface area contributed by atoms with Gasteiger partial charge in [-0.05, 0) is 65.0 Å². The first-order chi connectivity index (χ1) is 9.20. The monoisotopic (exact) mass is 266 g/mol. The van der Waals surface area contributed by atoms with Gasteiger partial charge in [-0.25, -0.2) is 0 Å². The average Bonchev–Trinajstić information content (AvgIpc) is 2.65. The van der Waals surface area contributed by atoms with Crippen LogP contribution in [0.3, 0.4) is 0 Å². The average molecular weight is 266 g/mol. The van der Waals surface area contributed by atoms with Crippen molar-refractivity contribution in [3.05, 3.63) is 0 Å². The number of likely N-dealkylation sites (tertiary alicyclic amines) is 1. The molecule has 2 nitrogen and oxygen atoms in total. The van der Waals surface area contributed by atoms with Gasteiger partial charge in [-0.2, -0.15) is 0 Å². The van der Waals surface area contributed by atoms with Crippen LogP contribution in [-0.2, 0) is 0 Å². The second kappa shape index (κ2) is 7.64. The Balaban J connectivity index is 1.81. The van der Waals surface area contributed by atoms with E-state index in [4.69, 9.17) is 0 Å². The van der Waals surface area contributed by atoms with Crippen LogP contribution in [0.4, 0.5) is 0 Å². The fourth-order valence-corrected chi connectivity index (χ4v) is 4.02. The zero-order valence-corrected chi connectivity index (χ0v) is 13.3. The van der Waals surface area contributed by atoms with Crippen molar-refractivity contribution < 1.29 is 0 Å². The molecule has 0 aromatic heterocycles. The summed E-state index contributed by atoms with van der Waals surface area (Å²) in [7, 11) is 0. The summed E-state index contributed by atoms with van der Waals surface area (Å²) in [5, 5.41) is 4.03. The van der Waals surface area contributed by atoms with E-state index in [0.29, 0.717) is 0 Å². The first kappa shape index (κ1) is 15.3. The number of nitrogens with zero attached hydrogens (tertiary/aromatic N) is 1. The minimum atomic E-state index is 0.719. The molecule has 0 radical (unpaired) electrons. The lowest BCUT2D eigenvalue weighted by Crippen LogP contribution is -2.44.